The summed E-state index contributed by atoms with van der Waals surface area (Å²) in [6.45, 7) is 7.02. The second kappa shape index (κ2) is 7.59. The fourth-order valence-electron chi connectivity index (χ4n) is 2.72. The van der Waals surface area contributed by atoms with E-state index < -0.39 is 0 Å². The van der Waals surface area contributed by atoms with Gasteiger partial charge in [0.2, 0.25) is 0 Å². The summed E-state index contributed by atoms with van der Waals surface area (Å²) in [7, 11) is 0. The molecular weight excluding hydrogens is 368 g/mol. The van der Waals surface area contributed by atoms with E-state index in [0.29, 0.717) is 39.3 Å². The summed E-state index contributed by atoms with van der Waals surface area (Å²) in [5.74, 6) is 0.325. The summed E-state index contributed by atoms with van der Waals surface area (Å²) >= 11 is 6.47. The molecule has 1 aliphatic rings. The van der Waals surface area contributed by atoms with Gasteiger partial charge in [-0.1, -0.05) is 37.0 Å². The predicted octanol–water partition coefficient (Wildman–Crippen LogP) is 3.05. The van der Waals surface area contributed by atoms with Crippen LogP contribution in [0.15, 0.2) is 28.0 Å². The molecule has 26 heavy (non-hydrogen) atoms. The number of nitrogens with zero attached hydrogens (tertiary/aromatic N) is 3. The first-order valence-corrected chi connectivity index (χ1v) is 9.71. The zero-order valence-electron chi connectivity index (χ0n) is 14.9. The average molecular weight is 389 g/mol. The van der Waals surface area contributed by atoms with E-state index in [1.165, 1.54) is 21.1 Å². The Hall–Kier alpha value is -2.19. The SMILES string of the molecule is CCCNc1nc2c(C)cccn2c(=O)c1/C=C1\SC(=S)N(CC)C1=O. The van der Waals surface area contributed by atoms with E-state index in [2.05, 4.69) is 10.3 Å². The summed E-state index contributed by atoms with van der Waals surface area (Å²) in [5.41, 5.74) is 1.68. The summed E-state index contributed by atoms with van der Waals surface area (Å²) in [6.07, 6.45) is 4.19. The maximum Gasteiger partial charge on any atom is 0.267 e. The van der Waals surface area contributed by atoms with Crippen molar-refractivity contribution >= 4 is 51.7 Å². The first-order chi connectivity index (χ1) is 12.5. The summed E-state index contributed by atoms with van der Waals surface area (Å²) in [4.78, 5) is 32.2. The van der Waals surface area contributed by atoms with Gasteiger partial charge in [0, 0.05) is 19.3 Å². The smallest absolute Gasteiger partial charge is 0.267 e. The minimum Gasteiger partial charge on any atom is -0.369 e. The lowest BCUT2D eigenvalue weighted by Gasteiger charge is -2.12. The highest BCUT2D eigenvalue weighted by Crippen LogP contribution is 2.32. The van der Waals surface area contributed by atoms with Gasteiger partial charge in [-0.05, 0) is 38.0 Å². The zero-order chi connectivity index (χ0) is 18.8. The molecule has 0 aromatic carbocycles. The number of likely N-dealkylation sites (N-methyl/N-ethyl adjacent to an activating group) is 1. The number of aromatic nitrogens is 2. The van der Waals surface area contributed by atoms with E-state index in [0.717, 1.165) is 12.0 Å². The molecule has 6 nitrogen and oxygen atoms in total. The number of nitrogens with one attached hydrogen (secondary N) is 1. The monoisotopic (exact) mass is 388 g/mol. The van der Waals surface area contributed by atoms with Crippen LogP contribution in [0.25, 0.3) is 11.7 Å². The molecule has 0 aliphatic carbocycles. The molecular formula is C18H20N4O2S2. The first-order valence-electron chi connectivity index (χ1n) is 8.49. The molecule has 0 atom stereocenters. The number of rotatable bonds is 5. The number of thioether (sulfide) groups is 1. The molecule has 136 valence electrons. The fraction of sp³-hybridized carbons (Fsp3) is 0.333. The molecule has 0 spiro atoms. The Morgan fingerprint density at radius 1 is 1.35 bits per heavy atom. The Labute approximate surface area is 161 Å². The molecule has 1 saturated heterocycles. The van der Waals surface area contributed by atoms with Crippen molar-refractivity contribution in [1.29, 1.82) is 0 Å². The van der Waals surface area contributed by atoms with Gasteiger partial charge in [-0.2, -0.15) is 0 Å². The standard InChI is InChI=1S/C18H20N4O2S2/c1-4-8-19-14-12(10-13-17(24)21(5-2)18(25)26-13)16(23)22-9-6-7-11(3)15(22)20-14/h6-7,9-10,19H,4-5,8H2,1-3H3/b13-10-. The summed E-state index contributed by atoms with van der Waals surface area (Å²) < 4.78 is 2.02. The number of amides is 1. The van der Waals surface area contributed by atoms with E-state index in [4.69, 9.17) is 12.2 Å². The van der Waals surface area contributed by atoms with Gasteiger partial charge in [0.1, 0.15) is 15.8 Å². The van der Waals surface area contributed by atoms with Gasteiger partial charge in [-0.15, -0.1) is 0 Å². The van der Waals surface area contributed by atoms with Crippen molar-refractivity contribution in [1.82, 2.24) is 14.3 Å². The van der Waals surface area contributed by atoms with E-state index in [1.807, 2.05) is 32.9 Å². The van der Waals surface area contributed by atoms with Crippen LogP contribution in [-0.4, -0.2) is 37.6 Å². The van der Waals surface area contributed by atoms with Crippen molar-refractivity contribution in [2.24, 2.45) is 0 Å². The molecule has 1 amide bonds. The van der Waals surface area contributed by atoms with Gasteiger partial charge >= 0.3 is 0 Å². The number of pyridine rings is 1. The molecule has 1 N–H and O–H groups in total. The average Bonchev–Trinajstić information content (AvgIpc) is 2.89. The maximum atomic E-state index is 13.1. The fourth-order valence-corrected chi connectivity index (χ4v) is 4.09. The topological polar surface area (TPSA) is 66.7 Å². The Balaban J connectivity index is 2.19. The van der Waals surface area contributed by atoms with Gasteiger partial charge in [0.05, 0.1) is 10.5 Å². The number of hydrogen-bond donors (Lipinski definition) is 1. The van der Waals surface area contributed by atoms with Gasteiger partial charge in [-0.25, -0.2) is 4.98 Å². The Morgan fingerprint density at radius 3 is 2.77 bits per heavy atom. The molecule has 1 fully saturated rings. The number of anilines is 1. The van der Waals surface area contributed by atoms with Crippen LogP contribution < -0.4 is 10.9 Å². The van der Waals surface area contributed by atoms with Crippen LogP contribution >= 0.6 is 24.0 Å². The summed E-state index contributed by atoms with van der Waals surface area (Å²) in [5, 5.41) is 3.21. The van der Waals surface area contributed by atoms with E-state index in [1.54, 1.807) is 12.3 Å². The second-order valence-corrected chi connectivity index (χ2v) is 7.59. The van der Waals surface area contributed by atoms with Crippen molar-refractivity contribution in [2.45, 2.75) is 27.2 Å². The summed E-state index contributed by atoms with van der Waals surface area (Å²) in [6, 6.07) is 3.72. The zero-order valence-corrected chi connectivity index (χ0v) is 16.5. The first kappa shape index (κ1) is 18.6. The minimum absolute atomic E-state index is 0.169. The highest BCUT2D eigenvalue weighted by molar-refractivity contribution is 8.26. The van der Waals surface area contributed by atoms with Crippen molar-refractivity contribution in [2.75, 3.05) is 18.4 Å². The Kier molecular flexibility index (Phi) is 5.43. The maximum absolute atomic E-state index is 13.1. The lowest BCUT2D eigenvalue weighted by atomic mass is 10.2. The van der Waals surface area contributed by atoms with Crippen molar-refractivity contribution < 1.29 is 4.79 Å². The number of fused-ring (bicyclic) bond motifs is 1. The largest absolute Gasteiger partial charge is 0.369 e. The van der Waals surface area contributed by atoms with Gasteiger partial charge in [-0.3, -0.25) is 18.9 Å². The molecule has 0 saturated carbocycles. The molecule has 3 rings (SSSR count). The third-order valence-electron chi connectivity index (χ3n) is 4.09. The number of hydrogen-bond acceptors (Lipinski definition) is 6. The Morgan fingerprint density at radius 2 is 2.12 bits per heavy atom. The predicted molar refractivity (Wildman–Crippen MR) is 111 cm³/mol. The molecule has 1 aliphatic heterocycles. The number of carbonyl (C=O) groups excluding carboxylic acids is 1. The van der Waals surface area contributed by atoms with Crippen LogP contribution in [0.3, 0.4) is 0 Å². The van der Waals surface area contributed by atoms with Gasteiger partial charge < -0.3 is 5.32 Å². The normalized spacial score (nSPS) is 16.1. The van der Waals surface area contributed by atoms with E-state index in [9.17, 15) is 9.59 Å². The third kappa shape index (κ3) is 3.26. The number of thiocarbonyl (C=S) groups is 1. The quantitative estimate of drug-likeness (QED) is 0.627. The highest BCUT2D eigenvalue weighted by Gasteiger charge is 2.31. The van der Waals surface area contributed by atoms with Crippen LogP contribution in [0.4, 0.5) is 5.82 Å². The van der Waals surface area contributed by atoms with Crippen LogP contribution in [0, 0.1) is 6.92 Å². The molecule has 3 heterocycles. The van der Waals surface area contributed by atoms with Gasteiger partial charge in [0.25, 0.3) is 11.5 Å². The van der Waals surface area contributed by atoms with Crippen molar-refractivity contribution in [3.8, 4) is 0 Å². The van der Waals surface area contributed by atoms with Crippen LogP contribution in [0.5, 0.6) is 0 Å². The molecule has 0 unspecified atom stereocenters. The van der Waals surface area contributed by atoms with Crippen LogP contribution in [-0.2, 0) is 4.79 Å². The number of aryl methyl sites for hydroxylation is 1. The molecule has 2 aromatic rings. The van der Waals surface area contributed by atoms with Crippen molar-refractivity contribution in [3.05, 3.63) is 44.7 Å². The molecule has 0 radical (unpaired) electrons. The van der Waals surface area contributed by atoms with Gasteiger partial charge in [0.15, 0.2) is 0 Å². The van der Waals surface area contributed by atoms with Crippen molar-refractivity contribution in [3.63, 3.8) is 0 Å². The lowest BCUT2D eigenvalue weighted by molar-refractivity contribution is -0.121. The van der Waals surface area contributed by atoms with E-state index in [-0.39, 0.29) is 11.5 Å². The molecule has 0 bridgehead atoms. The van der Waals surface area contributed by atoms with Crippen LogP contribution in [0.2, 0.25) is 0 Å². The highest BCUT2D eigenvalue weighted by atomic mass is 32.2. The molecule has 2 aromatic heterocycles. The second-order valence-electron chi connectivity index (χ2n) is 5.92. The third-order valence-corrected chi connectivity index (χ3v) is 5.47. The molecule has 8 heteroatoms. The van der Waals surface area contributed by atoms with E-state index >= 15 is 0 Å². The Bertz CT molecular complexity index is 981. The minimum atomic E-state index is -0.209. The number of carbonyl (C=O) groups is 1. The lowest BCUT2D eigenvalue weighted by Crippen LogP contribution is -2.27. The van der Waals surface area contributed by atoms with Crippen LogP contribution in [0.1, 0.15) is 31.4 Å².